The largest absolute Gasteiger partial charge is 0.489 e. The van der Waals surface area contributed by atoms with Gasteiger partial charge in [0.2, 0.25) is 6.61 Å². The van der Waals surface area contributed by atoms with E-state index < -0.39 is 12.6 Å². The van der Waals surface area contributed by atoms with Crippen LogP contribution in [-0.2, 0) is 21.7 Å². The molecule has 0 aliphatic carbocycles. The van der Waals surface area contributed by atoms with E-state index in [4.69, 9.17) is 9.84 Å². The quantitative estimate of drug-likeness (QED) is 0.379. The third-order valence-electron chi connectivity index (χ3n) is 4.77. The fourth-order valence-corrected chi connectivity index (χ4v) is 2.99. The van der Waals surface area contributed by atoms with Gasteiger partial charge in [-0.25, -0.2) is 4.79 Å². The number of ether oxygens (including phenoxy) is 1. The van der Waals surface area contributed by atoms with Crippen molar-refractivity contribution in [1.82, 2.24) is 0 Å². The van der Waals surface area contributed by atoms with E-state index in [-0.39, 0.29) is 5.41 Å². The second-order valence-corrected chi connectivity index (χ2v) is 8.29. The molecule has 0 aliphatic heterocycles. The standard InChI is InChI=1S/C26H27NO4/c1-26(2,3)23-13-9-20(10-14-23)17-30-24-6-4-5-22(15-24)21-11-7-19(8-12-21)16-27-31-18-25(28)29/h4-16H,17-18H2,1-3H3,(H,28,29)/b27-16+. The zero-order valence-corrected chi connectivity index (χ0v) is 18.0. The van der Waals surface area contributed by atoms with E-state index in [0.717, 1.165) is 28.0 Å². The van der Waals surface area contributed by atoms with E-state index in [2.05, 4.69) is 55.0 Å². The van der Waals surface area contributed by atoms with Gasteiger partial charge in [-0.2, -0.15) is 0 Å². The van der Waals surface area contributed by atoms with Crippen molar-refractivity contribution in [2.45, 2.75) is 32.8 Å². The summed E-state index contributed by atoms with van der Waals surface area (Å²) >= 11 is 0. The molecule has 1 N–H and O–H groups in total. The fourth-order valence-electron chi connectivity index (χ4n) is 2.99. The molecule has 0 fully saturated rings. The van der Waals surface area contributed by atoms with Crippen LogP contribution in [0.3, 0.4) is 0 Å². The smallest absolute Gasteiger partial charge is 0.344 e. The van der Waals surface area contributed by atoms with Crippen molar-refractivity contribution in [2.24, 2.45) is 5.16 Å². The lowest BCUT2D eigenvalue weighted by atomic mass is 9.87. The first-order valence-electron chi connectivity index (χ1n) is 10.1. The Morgan fingerprint density at radius 2 is 1.68 bits per heavy atom. The Bertz CT molecular complexity index is 1030. The fraction of sp³-hybridized carbons (Fsp3) is 0.231. The van der Waals surface area contributed by atoms with Crippen LogP contribution < -0.4 is 4.74 Å². The Balaban J connectivity index is 1.61. The molecule has 0 saturated heterocycles. The van der Waals surface area contributed by atoms with Crippen molar-refractivity contribution in [3.05, 3.63) is 89.5 Å². The molecule has 0 atom stereocenters. The molecule has 0 unspecified atom stereocenters. The highest BCUT2D eigenvalue weighted by Gasteiger charge is 2.12. The van der Waals surface area contributed by atoms with Crippen molar-refractivity contribution in [3.63, 3.8) is 0 Å². The van der Waals surface area contributed by atoms with Gasteiger partial charge in [0.25, 0.3) is 0 Å². The average Bonchev–Trinajstić information content (AvgIpc) is 2.75. The maximum Gasteiger partial charge on any atom is 0.344 e. The van der Waals surface area contributed by atoms with Crippen molar-refractivity contribution in [3.8, 4) is 16.9 Å². The molecule has 0 aliphatic rings. The minimum absolute atomic E-state index is 0.140. The molecule has 0 spiro atoms. The molecule has 3 aromatic carbocycles. The number of oxime groups is 1. The van der Waals surface area contributed by atoms with Crippen molar-refractivity contribution in [2.75, 3.05) is 6.61 Å². The molecule has 0 amide bonds. The van der Waals surface area contributed by atoms with Crippen LogP contribution in [0.1, 0.15) is 37.5 Å². The van der Waals surface area contributed by atoms with Gasteiger partial charge in [0.15, 0.2) is 0 Å². The number of benzene rings is 3. The number of rotatable bonds is 8. The molecule has 5 heteroatoms. The molecule has 0 radical (unpaired) electrons. The monoisotopic (exact) mass is 417 g/mol. The average molecular weight is 418 g/mol. The molecular weight excluding hydrogens is 390 g/mol. The molecule has 0 saturated carbocycles. The van der Waals surface area contributed by atoms with Gasteiger partial charge in [-0.15, -0.1) is 0 Å². The summed E-state index contributed by atoms with van der Waals surface area (Å²) in [6, 6.07) is 24.3. The van der Waals surface area contributed by atoms with E-state index >= 15 is 0 Å². The summed E-state index contributed by atoms with van der Waals surface area (Å²) in [6.07, 6.45) is 1.48. The molecule has 0 bridgehead atoms. The van der Waals surface area contributed by atoms with Crippen LogP contribution >= 0.6 is 0 Å². The topological polar surface area (TPSA) is 68.1 Å². The van der Waals surface area contributed by atoms with Crippen LogP contribution in [0.25, 0.3) is 11.1 Å². The number of nitrogens with zero attached hydrogens (tertiary/aromatic N) is 1. The first-order valence-corrected chi connectivity index (χ1v) is 10.1. The van der Waals surface area contributed by atoms with E-state index in [1.807, 2.05) is 48.5 Å². The first kappa shape index (κ1) is 22.1. The van der Waals surface area contributed by atoms with Crippen LogP contribution in [0.5, 0.6) is 5.75 Å². The van der Waals surface area contributed by atoms with Crippen LogP contribution in [0.15, 0.2) is 78.0 Å². The van der Waals surface area contributed by atoms with Crippen LogP contribution in [0.4, 0.5) is 0 Å². The molecule has 3 aromatic rings. The number of hydrogen-bond donors (Lipinski definition) is 1. The van der Waals surface area contributed by atoms with Gasteiger partial charge in [0.05, 0.1) is 6.21 Å². The van der Waals surface area contributed by atoms with Crippen LogP contribution in [0, 0.1) is 0 Å². The summed E-state index contributed by atoms with van der Waals surface area (Å²) in [5.74, 6) is -0.248. The van der Waals surface area contributed by atoms with E-state index in [1.165, 1.54) is 11.8 Å². The number of carboxylic acids is 1. The summed E-state index contributed by atoms with van der Waals surface area (Å²) in [7, 11) is 0. The number of carboxylic acid groups (broad SMARTS) is 1. The predicted octanol–water partition coefficient (Wildman–Crippen LogP) is 5.67. The van der Waals surface area contributed by atoms with Gasteiger partial charge in [-0.3, -0.25) is 0 Å². The minimum atomic E-state index is -1.06. The van der Waals surface area contributed by atoms with Crippen molar-refractivity contribution < 1.29 is 19.5 Å². The Hall–Kier alpha value is -3.60. The number of carbonyl (C=O) groups is 1. The Labute approximate surface area is 182 Å². The molecule has 0 heterocycles. The number of hydrogen-bond acceptors (Lipinski definition) is 4. The van der Waals surface area contributed by atoms with Gasteiger partial charge in [0, 0.05) is 0 Å². The maximum absolute atomic E-state index is 10.4. The highest BCUT2D eigenvalue weighted by atomic mass is 16.6. The maximum atomic E-state index is 10.4. The van der Waals surface area contributed by atoms with Crippen molar-refractivity contribution >= 4 is 12.2 Å². The van der Waals surface area contributed by atoms with E-state index in [1.54, 1.807) is 0 Å². The highest BCUT2D eigenvalue weighted by Crippen LogP contribution is 2.26. The second-order valence-electron chi connectivity index (χ2n) is 8.29. The summed E-state index contributed by atoms with van der Waals surface area (Å²) in [5.41, 5.74) is 5.49. The van der Waals surface area contributed by atoms with E-state index in [0.29, 0.717) is 6.61 Å². The third-order valence-corrected chi connectivity index (χ3v) is 4.77. The number of aliphatic carboxylic acids is 1. The zero-order chi connectivity index (χ0) is 22.3. The second kappa shape index (κ2) is 9.94. The highest BCUT2D eigenvalue weighted by molar-refractivity contribution is 5.80. The van der Waals surface area contributed by atoms with Crippen LogP contribution in [0.2, 0.25) is 0 Å². The van der Waals surface area contributed by atoms with Gasteiger partial charge in [-0.1, -0.05) is 86.6 Å². The lowest BCUT2D eigenvalue weighted by Gasteiger charge is -2.19. The van der Waals surface area contributed by atoms with Gasteiger partial charge in [-0.05, 0) is 45.4 Å². The summed E-state index contributed by atoms with van der Waals surface area (Å²) in [6.45, 7) is 6.67. The van der Waals surface area contributed by atoms with E-state index in [9.17, 15) is 4.79 Å². The lowest BCUT2D eigenvalue weighted by Crippen LogP contribution is -2.10. The molecule has 160 valence electrons. The first-order chi connectivity index (χ1) is 14.8. The van der Waals surface area contributed by atoms with Gasteiger partial charge in [0.1, 0.15) is 12.4 Å². The Morgan fingerprint density at radius 3 is 2.32 bits per heavy atom. The summed E-state index contributed by atoms with van der Waals surface area (Å²) in [4.78, 5) is 15.1. The summed E-state index contributed by atoms with van der Waals surface area (Å²) in [5, 5.41) is 12.2. The molecule has 3 rings (SSSR count). The van der Waals surface area contributed by atoms with Gasteiger partial charge < -0.3 is 14.7 Å². The lowest BCUT2D eigenvalue weighted by molar-refractivity contribution is -0.142. The van der Waals surface area contributed by atoms with Gasteiger partial charge >= 0.3 is 5.97 Å². The zero-order valence-electron chi connectivity index (χ0n) is 18.0. The Morgan fingerprint density at radius 1 is 0.968 bits per heavy atom. The SMILES string of the molecule is CC(C)(C)c1ccc(COc2cccc(-c3ccc(/C=N/OCC(=O)O)cc3)c2)cc1. The van der Waals surface area contributed by atoms with Crippen molar-refractivity contribution in [1.29, 1.82) is 0 Å². The molecule has 31 heavy (non-hydrogen) atoms. The summed E-state index contributed by atoms with van der Waals surface area (Å²) < 4.78 is 6.00. The Kier molecular flexibility index (Phi) is 7.08. The molecule has 0 aromatic heterocycles. The minimum Gasteiger partial charge on any atom is -0.489 e. The molecular formula is C26H27NO4. The normalized spacial score (nSPS) is 11.5. The van der Waals surface area contributed by atoms with Crippen LogP contribution in [-0.4, -0.2) is 23.9 Å². The molecule has 5 nitrogen and oxygen atoms in total. The predicted molar refractivity (Wildman–Crippen MR) is 123 cm³/mol. The third kappa shape index (κ3) is 6.71.